The van der Waals surface area contributed by atoms with Crippen molar-refractivity contribution in [3.8, 4) is 6.07 Å². The third-order valence-electron chi connectivity index (χ3n) is 3.11. The first-order chi connectivity index (χ1) is 9.13. The van der Waals surface area contributed by atoms with E-state index in [4.69, 9.17) is 5.26 Å². The Morgan fingerprint density at radius 3 is 3.05 bits per heavy atom. The number of hydrogen-bond acceptors (Lipinski definition) is 5. The highest BCUT2D eigenvalue weighted by Gasteiger charge is 2.30. The van der Waals surface area contributed by atoms with Crippen molar-refractivity contribution in [2.24, 2.45) is 0 Å². The van der Waals surface area contributed by atoms with Gasteiger partial charge in [0.25, 0.3) is 0 Å². The number of rotatable bonds is 2. The summed E-state index contributed by atoms with van der Waals surface area (Å²) in [6.07, 6.45) is 0. The number of carbonyl (C=O) groups excluding carboxylic acids is 1. The van der Waals surface area contributed by atoms with Gasteiger partial charge in [-0.2, -0.15) is 5.26 Å². The standard InChI is InChI=1S/C13H17N5O/c1-17(2)13(19)11-9-15-6-7-18(11)12-5-3-4-10(8-14)16-12/h3-5,11,15H,6-7,9H2,1-2H3. The zero-order chi connectivity index (χ0) is 13.8. The molecule has 1 aromatic heterocycles. The molecule has 0 spiro atoms. The number of anilines is 1. The molecule has 1 atom stereocenters. The molecule has 2 rings (SSSR count). The van der Waals surface area contributed by atoms with Crippen LogP contribution < -0.4 is 10.2 Å². The summed E-state index contributed by atoms with van der Waals surface area (Å²) in [4.78, 5) is 20.0. The Labute approximate surface area is 112 Å². The van der Waals surface area contributed by atoms with Crippen LogP contribution in [0.4, 0.5) is 5.82 Å². The Morgan fingerprint density at radius 1 is 1.58 bits per heavy atom. The fourth-order valence-electron chi connectivity index (χ4n) is 2.14. The fourth-order valence-corrected chi connectivity index (χ4v) is 2.14. The molecule has 100 valence electrons. The highest BCUT2D eigenvalue weighted by Crippen LogP contribution is 2.17. The Bertz CT molecular complexity index is 508. The molecule has 6 heteroatoms. The zero-order valence-corrected chi connectivity index (χ0v) is 11.1. The molecular weight excluding hydrogens is 242 g/mol. The predicted octanol–water partition coefficient (Wildman–Crippen LogP) is -0.180. The number of hydrogen-bond donors (Lipinski definition) is 1. The Balaban J connectivity index is 2.29. The molecule has 0 aromatic carbocycles. The van der Waals surface area contributed by atoms with Gasteiger partial charge in [0.1, 0.15) is 23.6 Å². The van der Waals surface area contributed by atoms with E-state index in [1.807, 2.05) is 17.0 Å². The van der Waals surface area contributed by atoms with Crippen molar-refractivity contribution in [3.63, 3.8) is 0 Å². The van der Waals surface area contributed by atoms with E-state index in [2.05, 4.69) is 10.3 Å². The van der Waals surface area contributed by atoms with Crippen LogP contribution in [0, 0.1) is 11.3 Å². The van der Waals surface area contributed by atoms with E-state index in [0.29, 0.717) is 24.6 Å². The van der Waals surface area contributed by atoms with Crippen molar-refractivity contribution in [2.45, 2.75) is 6.04 Å². The lowest BCUT2D eigenvalue weighted by atomic mass is 10.1. The van der Waals surface area contributed by atoms with Crippen LogP contribution in [0.25, 0.3) is 0 Å². The number of likely N-dealkylation sites (N-methyl/N-ethyl adjacent to an activating group) is 1. The molecule has 19 heavy (non-hydrogen) atoms. The third kappa shape index (κ3) is 2.83. The van der Waals surface area contributed by atoms with Gasteiger partial charge in [-0.1, -0.05) is 6.07 Å². The Kier molecular flexibility index (Phi) is 3.97. The number of nitrogens with zero attached hydrogens (tertiary/aromatic N) is 4. The van der Waals surface area contributed by atoms with Crippen molar-refractivity contribution in [1.29, 1.82) is 5.26 Å². The first-order valence-corrected chi connectivity index (χ1v) is 6.19. The second-order valence-corrected chi connectivity index (χ2v) is 4.64. The molecule has 1 fully saturated rings. The molecule has 0 saturated carbocycles. The summed E-state index contributed by atoms with van der Waals surface area (Å²) in [5, 5.41) is 12.1. The quantitative estimate of drug-likeness (QED) is 0.797. The SMILES string of the molecule is CN(C)C(=O)C1CNCCN1c1cccc(C#N)n1. The lowest BCUT2D eigenvalue weighted by molar-refractivity contribution is -0.130. The number of aromatic nitrogens is 1. The van der Waals surface area contributed by atoms with Crippen molar-refractivity contribution in [3.05, 3.63) is 23.9 Å². The van der Waals surface area contributed by atoms with Gasteiger partial charge in [0.15, 0.2) is 0 Å². The predicted molar refractivity (Wildman–Crippen MR) is 71.6 cm³/mol. The topological polar surface area (TPSA) is 72.3 Å². The van der Waals surface area contributed by atoms with E-state index in [1.54, 1.807) is 31.1 Å². The van der Waals surface area contributed by atoms with E-state index < -0.39 is 0 Å². The minimum atomic E-state index is -0.273. The second-order valence-electron chi connectivity index (χ2n) is 4.64. The van der Waals surface area contributed by atoms with Crippen LogP contribution in [-0.2, 0) is 4.79 Å². The maximum Gasteiger partial charge on any atom is 0.246 e. The van der Waals surface area contributed by atoms with Gasteiger partial charge in [-0.25, -0.2) is 4.98 Å². The van der Waals surface area contributed by atoms with Crippen LogP contribution >= 0.6 is 0 Å². The van der Waals surface area contributed by atoms with Crippen molar-refractivity contribution in [2.75, 3.05) is 38.6 Å². The van der Waals surface area contributed by atoms with Crippen LogP contribution in [0.3, 0.4) is 0 Å². The molecule has 1 unspecified atom stereocenters. The van der Waals surface area contributed by atoms with Crippen LogP contribution in [0.5, 0.6) is 0 Å². The number of pyridine rings is 1. The van der Waals surface area contributed by atoms with Gasteiger partial charge in [-0.15, -0.1) is 0 Å². The third-order valence-corrected chi connectivity index (χ3v) is 3.11. The fraction of sp³-hybridized carbons (Fsp3) is 0.462. The first-order valence-electron chi connectivity index (χ1n) is 6.19. The smallest absolute Gasteiger partial charge is 0.246 e. The molecule has 0 bridgehead atoms. The van der Waals surface area contributed by atoms with Crippen LogP contribution in [0.15, 0.2) is 18.2 Å². The lowest BCUT2D eigenvalue weighted by Crippen LogP contribution is -2.58. The molecule has 1 aliphatic heterocycles. The zero-order valence-electron chi connectivity index (χ0n) is 11.1. The van der Waals surface area contributed by atoms with Gasteiger partial charge in [0.2, 0.25) is 5.91 Å². The second kappa shape index (κ2) is 5.67. The van der Waals surface area contributed by atoms with E-state index in [0.717, 1.165) is 6.54 Å². The normalized spacial score (nSPS) is 18.8. The largest absolute Gasteiger partial charge is 0.347 e. The number of piperazine rings is 1. The maximum absolute atomic E-state index is 12.2. The lowest BCUT2D eigenvalue weighted by Gasteiger charge is -2.37. The first kappa shape index (κ1) is 13.3. The summed E-state index contributed by atoms with van der Waals surface area (Å²) in [5.41, 5.74) is 0.368. The molecular formula is C13H17N5O. The Morgan fingerprint density at radius 2 is 2.37 bits per heavy atom. The van der Waals surface area contributed by atoms with Crippen LogP contribution in [0.2, 0.25) is 0 Å². The minimum Gasteiger partial charge on any atom is -0.347 e. The van der Waals surface area contributed by atoms with Crippen molar-refractivity contribution >= 4 is 11.7 Å². The van der Waals surface area contributed by atoms with Crippen LogP contribution in [0.1, 0.15) is 5.69 Å². The van der Waals surface area contributed by atoms with E-state index in [1.165, 1.54) is 0 Å². The molecule has 1 amide bonds. The van der Waals surface area contributed by atoms with Gasteiger partial charge in [-0.05, 0) is 12.1 Å². The number of nitriles is 1. The average Bonchev–Trinajstić information content (AvgIpc) is 2.46. The molecule has 2 heterocycles. The monoisotopic (exact) mass is 259 g/mol. The highest BCUT2D eigenvalue weighted by molar-refractivity contribution is 5.85. The molecule has 1 aliphatic rings. The number of amides is 1. The molecule has 0 aliphatic carbocycles. The molecule has 1 aromatic rings. The van der Waals surface area contributed by atoms with Gasteiger partial charge >= 0.3 is 0 Å². The van der Waals surface area contributed by atoms with E-state index >= 15 is 0 Å². The molecule has 0 radical (unpaired) electrons. The van der Waals surface area contributed by atoms with Gasteiger partial charge < -0.3 is 15.1 Å². The minimum absolute atomic E-state index is 0.0383. The van der Waals surface area contributed by atoms with Gasteiger partial charge in [-0.3, -0.25) is 4.79 Å². The average molecular weight is 259 g/mol. The van der Waals surface area contributed by atoms with Gasteiger partial charge in [0, 0.05) is 33.7 Å². The van der Waals surface area contributed by atoms with Crippen LogP contribution in [-0.4, -0.2) is 55.6 Å². The summed E-state index contributed by atoms with van der Waals surface area (Å²) >= 11 is 0. The Hall–Kier alpha value is -2.13. The molecule has 6 nitrogen and oxygen atoms in total. The summed E-state index contributed by atoms with van der Waals surface area (Å²) in [6, 6.07) is 7.04. The van der Waals surface area contributed by atoms with Crippen molar-refractivity contribution < 1.29 is 4.79 Å². The summed E-state index contributed by atoms with van der Waals surface area (Å²) in [7, 11) is 3.49. The van der Waals surface area contributed by atoms with E-state index in [-0.39, 0.29) is 11.9 Å². The number of carbonyl (C=O) groups is 1. The summed E-state index contributed by atoms with van der Waals surface area (Å²) < 4.78 is 0. The summed E-state index contributed by atoms with van der Waals surface area (Å²) in [6.45, 7) is 2.09. The van der Waals surface area contributed by atoms with Crippen molar-refractivity contribution in [1.82, 2.24) is 15.2 Å². The van der Waals surface area contributed by atoms with E-state index in [9.17, 15) is 4.79 Å². The van der Waals surface area contributed by atoms with Gasteiger partial charge in [0.05, 0.1) is 0 Å². The molecule has 1 saturated heterocycles. The maximum atomic E-state index is 12.2. The number of nitrogens with one attached hydrogen (secondary N) is 1. The molecule has 1 N–H and O–H groups in total. The summed E-state index contributed by atoms with van der Waals surface area (Å²) in [5.74, 6) is 0.720. The highest BCUT2D eigenvalue weighted by atomic mass is 16.2.